The van der Waals surface area contributed by atoms with Gasteiger partial charge in [-0.2, -0.15) is 0 Å². The SMILES string of the molecule is CN1CCN(Cc2ccccc2CNC(=O)c2cc(Br)ccc2F)CC1. The summed E-state index contributed by atoms with van der Waals surface area (Å²) in [6, 6.07) is 12.5. The van der Waals surface area contributed by atoms with E-state index in [1.165, 1.54) is 17.7 Å². The number of amides is 1. The molecule has 1 aliphatic heterocycles. The second kappa shape index (κ2) is 8.75. The lowest BCUT2D eigenvalue weighted by molar-refractivity contribution is 0.0946. The van der Waals surface area contributed by atoms with Crippen LogP contribution >= 0.6 is 15.9 Å². The van der Waals surface area contributed by atoms with Crippen LogP contribution in [0, 0.1) is 5.82 Å². The number of piperazine rings is 1. The van der Waals surface area contributed by atoms with E-state index in [1.54, 1.807) is 6.07 Å². The fraction of sp³-hybridized carbons (Fsp3) is 0.350. The maximum Gasteiger partial charge on any atom is 0.254 e. The van der Waals surface area contributed by atoms with Gasteiger partial charge < -0.3 is 10.2 Å². The quantitative estimate of drug-likeness (QED) is 0.807. The largest absolute Gasteiger partial charge is 0.348 e. The van der Waals surface area contributed by atoms with Crippen LogP contribution in [-0.4, -0.2) is 48.9 Å². The third-order valence-corrected chi connectivity index (χ3v) is 5.21. The summed E-state index contributed by atoms with van der Waals surface area (Å²) in [6.45, 7) is 5.48. The Kier molecular flexibility index (Phi) is 6.40. The van der Waals surface area contributed by atoms with E-state index < -0.39 is 11.7 Å². The summed E-state index contributed by atoms with van der Waals surface area (Å²) in [4.78, 5) is 17.1. The number of nitrogens with one attached hydrogen (secondary N) is 1. The first kappa shape index (κ1) is 19.0. The molecule has 0 spiro atoms. The molecule has 1 saturated heterocycles. The first-order valence-electron chi connectivity index (χ1n) is 8.74. The Hall–Kier alpha value is -1.76. The minimum absolute atomic E-state index is 0.0518. The highest BCUT2D eigenvalue weighted by Crippen LogP contribution is 2.17. The molecule has 6 heteroatoms. The van der Waals surface area contributed by atoms with Crippen LogP contribution in [0.25, 0.3) is 0 Å². The predicted molar refractivity (Wildman–Crippen MR) is 104 cm³/mol. The maximum absolute atomic E-state index is 13.9. The Morgan fingerprint density at radius 1 is 1.12 bits per heavy atom. The average Bonchev–Trinajstić information content (AvgIpc) is 2.64. The van der Waals surface area contributed by atoms with Crippen molar-refractivity contribution < 1.29 is 9.18 Å². The molecule has 138 valence electrons. The minimum atomic E-state index is -0.517. The molecule has 1 fully saturated rings. The van der Waals surface area contributed by atoms with Gasteiger partial charge in [0.1, 0.15) is 5.82 Å². The summed E-state index contributed by atoms with van der Waals surface area (Å²) in [6.07, 6.45) is 0. The van der Waals surface area contributed by atoms with Crippen LogP contribution in [0.3, 0.4) is 0 Å². The van der Waals surface area contributed by atoms with Crippen LogP contribution in [0.5, 0.6) is 0 Å². The Morgan fingerprint density at radius 3 is 2.54 bits per heavy atom. The standard InChI is InChI=1S/C20H23BrFN3O/c1-24-8-10-25(11-9-24)14-16-5-3-2-4-15(16)13-23-20(26)18-12-17(21)6-7-19(18)22/h2-7,12H,8-11,13-14H2,1H3,(H,23,26). The number of hydrogen-bond donors (Lipinski definition) is 1. The van der Waals surface area contributed by atoms with Crippen molar-refractivity contribution in [2.45, 2.75) is 13.1 Å². The number of likely N-dealkylation sites (N-methyl/N-ethyl adjacent to an activating group) is 1. The molecule has 2 aromatic carbocycles. The molecule has 0 bridgehead atoms. The summed E-state index contributed by atoms with van der Waals surface area (Å²) in [5.74, 6) is -0.922. The third-order valence-electron chi connectivity index (χ3n) is 4.72. The number of rotatable bonds is 5. The van der Waals surface area contributed by atoms with Gasteiger partial charge in [0.05, 0.1) is 5.56 Å². The fourth-order valence-electron chi connectivity index (χ4n) is 3.07. The molecule has 3 rings (SSSR count). The van der Waals surface area contributed by atoms with Crippen molar-refractivity contribution in [1.29, 1.82) is 0 Å². The molecule has 2 aromatic rings. The average molecular weight is 420 g/mol. The molecule has 4 nitrogen and oxygen atoms in total. The highest BCUT2D eigenvalue weighted by Gasteiger charge is 2.16. The van der Waals surface area contributed by atoms with Gasteiger partial charge in [0.2, 0.25) is 0 Å². The molecule has 1 heterocycles. The molecule has 0 saturated carbocycles. The van der Waals surface area contributed by atoms with E-state index in [2.05, 4.69) is 44.2 Å². The Labute approximate surface area is 162 Å². The third kappa shape index (κ3) is 4.90. The number of carbonyl (C=O) groups is 1. The van der Waals surface area contributed by atoms with Gasteiger partial charge in [0.25, 0.3) is 5.91 Å². The van der Waals surface area contributed by atoms with Gasteiger partial charge in [-0.25, -0.2) is 4.39 Å². The minimum Gasteiger partial charge on any atom is -0.348 e. The molecule has 0 aliphatic carbocycles. The van der Waals surface area contributed by atoms with Crippen LogP contribution in [0.2, 0.25) is 0 Å². The van der Waals surface area contributed by atoms with Gasteiger partial charge in [-0.1, -0.05) is 40.2 Å². The zero-order valence-electron chi connectivity index (χ0n) is 14.8. The number of nitrogens with zero attached hydrogens (tertiary/aromatic N) is 2. The Balaban J connectivity index is 1.65. The summed E-state index contributed by atoms with van der Waals surface area (Å²) < 4.78 is 14.6. The molecule has 1 amide bonds. The predicted octanol–water partition coefficient (Wildman–Crippen LogP) is 3.27. The highest BCUT2D eigenvalue weighted by atomic mass is 79.9. The number of carbonyl (C=O) groups excluding carboxylic acids is 1. The van der Waals surface area contributed by atoms with Crippen LogP contribution in [0.15, 0.2) is 46.9 Å². The summed E-state index contributed by atoms with van der Waals surface area (Å²) in [5, 5.41) is 2.84. The van der Waals surface area contributed by atoms with E-state index in [0.717, 1.165) is 38.3 Å². The number of hydrogen-bond acceptors (Lipinski definition) is 3. The Bertz CT molecular complexity index is 775. The second-order valence-corrected chi connectivity index (χ2v) is 7.57. The van der Waals surface area contributed by atoms with E-state index in [0.29, 0.717) is 11.0 Å². The van der Waals surface area contributed by atoms with Crippen molar-refractivity contribution in [2.75, 3.05) is 33.2 Å². The van der Waals surface area contributed by atoms with Crippen LogP contribution in [0.4, 0.5) is 4.39 Å². The van der Waals surface area contributed by atoms with Gasteiger partial charge in [0.15, 0.2) is 0 Å². The zero-order valence-corrected chi connectivity index (χ0v) is 16.4. The lowest BCUT2D eigenvalue weighted by Gasteiger charge is -2.32. The van der Waals surface area contributed by atoms with Gasteiger partial charge in [-0.3, -0.25) is 9.69 Å². The van der Waals surface area contributed by atoms with Crippen molar-refractivity contribution >= 4 is 21.8 Å². The van der Waals surface area contributed by atoms with Crippen molar-refractivity contribution in [3.05, 3.63) is 69.4 Å². The second-order valence-electron chi connectivity index (χ2n) is 6.65. The molecule has 1 aliphatic rings. The monoisotopic (exact) mass is 419 g/mol. The number of benzene rings is 2. The lowest BCUT2D eigenvalue weighted by Crippen LogP contribution is -2.44. The van der Waals surface area contributed by atoms with Crippen LogP contribution in [0.1, 0.15) is 21.5 Å². The normalized spacial score (nSPS) is 15.8. The molecular formula is C20H23BrFN3O. The van der Waals surface area contributed by atoms with Crippen LogP contribution < -0.4 is 5.32 Å². The Morgan fingerprint density at radius 2 is 1.81 bits per heavy atom. The first-order valence-corrected chi connectivity index (χ1v) is 9.53. The molecular weight excluding hydrogens is 397 g/mol. The maximum atomic E-state index is 13.9. The summed E-state index contributed by atoms with van der Waals surface area (Å²) in [7, 11) is 2.14. The molecule has 0 radical (unpaired) electrons. The summed E-state index contributed by atoms with van der Waals surface area (Å²) >= 11 is 3.28. The van der Waals surface area contributed by atoms with Crippen molar-refractivity contribution in [3.8, 4) is 0 Å². The topological polar surface area (TPSA) is 35.6 Å². The smallest absolute Gasteiger partial charge is 0.254 e. The van der Waals surface area contributed by atoms with E-state index in [9.17, 15) is 9.18 Å². The van der Waals surface area contributed by atoms with Crippen LogP contribution in [-0.2, 0) is 13.1 Å². The first-order chi connectivity index (χ1) is 12.5. The zero-order chi connectivity index (χ0) is 18.5. The van der Waals surface area contributed by atoms with E-state index in [-0.39, 0.29) is 5.56 Å². The van der Waals surface area contributed by atoms with E-state index >= 15 is 0 Å². The molecule has 0 unspecified atom stereocenters. The lowest BCUT2D eigenvalue weighted by atomic mass is 10.1. The molecule has 0 aromatic heterocycles. The van der Waals surface area contributed by atoms with Crippen molar-refractivity contribution in [1.82, 2.24) is 15.1 Å². The molecule has 0 atom stereocenters. The molecule has 26 heavy (non-hydrogen) atoms. The van der Waals surface area contributed by atoms with Gasteiger partial charge in [-0.15, -0.1) is 0 Å². The van der Waals surface area contributed by atoms with Gasteiger partial charge in [-0.05, 0) is 36.4 Å². The van der Waals surface area contributed by atoms with Crippen molar-refractivity contribution in [2.24, 2.45) is 0 Å². The van der Waals surface area contributed by atoms with Gasteiger partial charge in [0, 0.05) is 43.7 Å². The molecule has 1 N–H and O–H groups in total. The number of halogens is 2. The fourth-order valence-corrected chi connectivity index (χ4v) is 3.43. The van der Waals surface area contributed by atoms with Crippen molar-refractivity contribution in [3.63, 3.8) is 0 Å². The summed E-state index contributed by atoms with van der Waals surface area (Å²) in [5.41, 5.74) is 2.32. The van der Waals surface area contributed by atoms with E-state index in [4.69, 9.17) is 0 Å². The van der Waals surface area contributed by atoms with E-state index in [1.807, 2.05) is 18.2 Å². The highest BCUT2D eigenvalue weighted by molar-refractivity contribution is 9.10. The van der Waals surface area contributed by atoms with Gasteiger partial charge >= 0.3 is 0 Å².